The number of pyridine rings is 1. The third-order valence-electron chi connectivity index (χ3n) is 3.37. The number of rotatable bonds is 5. The fraction of sp³-hybridized carbons (Fsp3) is 0.312. The van der Waals surface area contributed by atoms with Crippen molar-refractivity contribution in [3.05, 3.63) is 35.9 Å². The fourth-order valence-corrected chi connectivity index (χ4v) is 2.13. The average molecular weight is 283 g/mol. The summed E-state index contributed by atoms with van der Waals surface area (Å²) < 4.78 is 0. The molecule has 1 unspecified atom stereocenters. The lowest BCUT2D eigenvalue weighted by atomic mass is 10.0. The number of nitrogens with zero attached hydrogens (tertiary/aromatic N) is 2. The first-order valence-corrected chi connectivity index (χ1v) is 6.79. The third-order valence-corrected chi connectivity index (χ3v) is 3.37. The van der Waals surface area contributed by atoms with Gasteiger partial charge in [0.25, 0.3) is 0 Å². The molecule has 1 heterocycles. The topological polar surface area (TPSA) is 86.0 Å². The highest BCUT2D eigenvalue weighted by atomic mass is 16.4. The number of anilines is 1. The summed E-state index contributed by atoms with van der Waals surface area (Å²) in [5, 5.41) is 22.2. The Morgan fingerprint density at radius 1 is 1.43 bits per heavy atom. The summed E-state index contributed by atoms with van der Waals surface area (Å²) in [6, 6.07) is 11.1. The van der Waals surface area contributed by atoms with Gasteiger partial charge in [-0.15, -0.1) is 0 Å². The van der Waals surface area contributed by atoms with Crippen LogP contribution in [0.5, 0.6) is 0 Å². The molecule has 0 aliphatic carbocycles. The molecule has 5 heteroatoms. The van der Waals surface area contributed by atoms with Crippen molar-refractivity contribution >= 4 is 22.7 Å². The van der Waals surface area contributed by atoms with Crippen molar-refractivity contribution in [1.82, 2.24) is 4.98 Å². The largest absolute Gasteiger partial charge is 0.481 e. The summed E-state index contributed by atoms with van der Waals surface area (Å²) >= 11 is 0. The molecule has 0 saturated carbocycles. The molecule has 0 bridgehead atoms. The molecule has 0 spiro atoms. The van der Waals surface area contributed by atoms with E-state index in [9.17, 15) is 10.1 Å². The highest BCUT2D eigenvalue weighted by molar-refractivity contribution is 5.83. The summed E-state index contributed by atoms with van der Waals surface area (Å²) in [6.07, 6.45) is -0.0168. The van der Waals surface area contributed by atoms with Crippen molar-refractivity contribution in [3.8, 4) is 6.07 Å². The van der Waals surface area contributed by atoms with Gasteiger partial charge in [-0.3, -0.25) is 4.79 Å². The quantitative estimate of drug-likeness (QED) is 0.880. The van der Waals surface area contributed by atoms with Crippen molar-refractivity contribution in [3.63, 3.8) is 0 Å². The maximum atomic E-state index is 10.9. The molecule has 2 N–H and O–H groups in total. The van der Waals surface area contributed by atoms with Gasteiger partial charge in [0.05, 0.1) is 17.5 Å². The lowest BCUT2D eigenvalue weighted by Crippen LogP contribution is -2.29. The van der Waals surface area contributed by atoms with Crippen molar-refractivity contribution in [1.29, 1.82) is 5.26 Å². The van der Waals surface area contributed by atoms with Gasteiger partial charge < -0.3 is 10.4 Å². The van der Waals surface area contributed by atoms with E-state index in [1.807, 2.05) is 38.1 Å². The number of nitriles is 1. The van der Waals surface area contributed by atoms with Gasteiger partial charge in [0.1, 0.15) is 11.9 Å². The lowest BCUT2D eigenvalue weighted by molar-refractivity contribution is -0.137. The van der Waals surface area contributed by atoms with Crippen molar-refractivity contribution in [2.75, 3.05) is 5.32 Å². The average Bonchev–Trinajstić information content (AvgIpc) is 2.45. The summed E-state index contributed by atoms with van der Waals surface area (Å²) in [4.78, 5) is 15.4. The fourth-order valence-electron chi connectivity index (χ4n) is 2.13. The van der Waals surface area contributed by atoms with Gasteiger partial charge in [0, 0.05) is 11.4 Å². The van der Waals surface area contributed by atoms with E-state index in [1.165, 1.54) is 0 Å². The number of benzene rings is 1. The van der Waals surface area contributed by atoms with Crippen LogP contribution in [0.25, 0.3) is 10.9 Å². The number of aromatic nitrogens is 1. The lowest BCUT2D eigenvalue weighted by Gasteiger charge is -2.22. The minimum absolute atomic E-state index is 0.0168. The highest BCUT2D eigenvalue weighted by Gasteiger charge is 2.19. The Balaban J connectivity index is 2.40. The van der Waals surface area contributed by atoms with Crippen LogP contribution >= 0.6 is 0 Å². The molecule has 1 atom stereocenters. The van der Waals surface area contributed by atoms with Crippen LogP contribution < -0.4 is 5.32 Å². The number of para-hydroxylation sites is 1. The van der Waals surface area contributed by atoms with Crippen LogP contribution in [0.3, 0.4) is 0 Å². The van der Waals surface area contributed by atoms with Gasteiger partial charge in [-0.05, 0) is 18.1 Å². The number of carbonyl (C=O) groups is 1. The zero-order valence-electron chi connectivity index (χ0n) is 12.0. The van der Waals surface area contributed by atoms with Crippen LogP contribution in [0.15, 0.2) is 30.3 Å². The number of hydrogen-bond donors (Lipinski definition) is 2. The van der Waals surface area contributed by atoms with Crippen LogP contribution in [0.2, 0.25) is 0 Å². The van der Waals surface area contributed by atoms with Gasteiger partial charge in [-0.25, -0.2) is 4.98 Å². The van der Waals surface area contributed by atoms with Gasteiger partial charge in [0.15, 0.2) is 0 Å². The van der Waals surface area contributed by atoms with Gasteiger partial charge >= 0.3 is 5.97 Å². The SMILES string of the molecule is CC(C)C(CC(=O)O)Nc1nc2ccccc2cc1C#N. The number of aliphatic carboxylic acids is 1. The van der Waals surface area contributed by atoms with Crippen molar-refractivity contribution < 1.29 is 9.90 Å². The highest BCUT2D eigenvalue weighted by Crippen LogP contribution is 2.22. The minimum Gasteiger partial charge on any atom is -0.481 e. The Hall–Kier alpha value is -2.61. The number of carboxylic acids is 1. The van der Waals surface area contributed by atoms with Crippen molar-refractivity contribution in [2.24, 2.45) is 5.92 Å². The number of hydrogen-bond acceptors (Lipinski definition) is 4. The van der Waals surface area contributed by atoms with Gasteiger partial charge in [-0.2, -0.15) is 5.26 Å². The van der Waals surface area contributed by atoms with Crippen molar-refractivity contribution in [2.45, 2.75) is 26.3 Å². The van der Waals surface area contributed by atoms with E-state index in [0.717, 1.165) is 10.9 Å². The molecule has 108 valence electrons. The van der Waals surface area contributed by atoms with Crippen LogP contribution in [0.4, 0.5) is 5.82 Å². The summed E-state index contributed by atoms with van der Waals surface area (Å²) in [5.41, 5.74) is 1.20. The normalized spacial score (nSPS) is 12.1. The number of nitrogens with one attached hydrogen (secondary N) is 1. The van der Waals surface area contributed by atoms with E-state index in [2.05, 4.69) is 16.4 Å². The predicted molar refractivity (Wildman–Crippen MR) is 81.0 cm³/mol. The molecular weight excluding hydrogens is 266 g/mol. The van der Waals surface area contributed by atoms with E-state index >= 15 is 0 Å². The molecule has 1 aromatic heterocycles. The smallest absolute Gasteiger partial charge is 0.305 e. The van der Waals surface area contributed by atoms with E-state index < -0.39 is 5.97 Å². The van der Waals surface area contributed by atoms with Crippen LogP contribution in [-0.4, -0.2) is 22.1 Å². The molecule has 0 amide bonds. The number of fused-ring (bicyclic) bond motifs is 1. The molecular formula is C16H17N3O2. The first kappa shape index (κ1) is 14.8. The second-order valence-electron chi connectivity index (χ2n) is 5.28. The summed E-state index contributed by atoms with van der Waals surface area (Å²) in [6.45, 7) is 3.88. The summed E-state index contributed by atoms with van der Waals surface area (Å²) in [7, 11) is 0. The third kappa shape index (κ3) is 3.48. The molecule has 1 aromatic carbocycles. The Morgan fingerprint density at radius 3 is 2.76 bits per heavy atom. The Morgan fingerprint density at radius 2 is 2.14 bits per heavy atom. The van der Waals surface area contributed by atoms with Crippen LogP contribution in [-0.2, 0) is 4.79 Å². The van der Waals surface area contributed by atoms with E-state index in [0.29, 0.717) is 11.4 Å². The second-order valence-corrected chi connectivity index (χ2v) is 5.28. The second kappa shape index (κ2) is 6.23. The van der Waals surface area contributed by atoms with Crippen LogP contribution in [0.1, 0.15) is 25.8 Å². The maximum Gasteiger partial charge on any atom is 0.305 e. The van der Waals surface area contributed by atoms with Gasteiger partial charge in [0.2, 0.25) is 0 Å². The predicted octanol–water partition coefficient (Wildman–Crippen LogP) is 3.02. The molecule has 0 saturated heterocycles. The Kier molecular flexibility index (Phi) is 4.39. The Labute approximate surface area is 123 Å². The van der Waals surface area contributed by atoms with Crippen LogP contribution in [0, 0.1) is 17.2 Å². The molecule has 2 rings (SSSR count). The van der Waals surface area contributed by atoms with E-state index in [-0.39, 0.29) is 18.4 Å². The zero-order valence-corrected chi connectivity index (χ0v) is 12.0. The first-order valence-electron chi connectivity index (χ1n) is 6.79. The molecule has 0 radical (unpaired) electrons. The molecule has 0 fully saturated rings. The van der Waals surface area contributed by atoms with E-state index in [1.54, 1.807) is 6.07 Å². The van der Waals surface area contributed by atoms with Gasteiger partial charge in [-0.1, -0.05) is 32.0 Å². The molecule has 0 aliphatic heterocycles. The molecule has 21 heavy (non-hydrogen) atoms. The Bertz CT molecular complexity index is 704. The summed E-state index contributed by atoms with van der Waals surface area (Å²) in [5.74, 6) is -0.322. The van der Waals surface area contributed by atoms with E-state index in [4.69, 9.17) is 5.11 Å². The zero-order chi connectivity index (χ0) is 15.4. The number of carboxylic acid groups (broad SMARTS) is 1. The molecule has 0 aliphatic rings. The monoisotopic (exact) mass is 283 g/mol. The standard InChI is InChI=1S/C16H17N3O2/c1-10(2)14(8-15(20)21)19-16-12(9-17)7-11-5-3-4-6-13(11)18-16/h3-7,10,14H,8H2,1-2H3,(H,18,19)(H,20,21). The first-order chi connectivity index (χ1) is 10.0. The minimum atomic E-state index is -0.875. The maximum absolute atomic E-state index is 10.9. The molecule has 5 nitrogen and oxygen atoms in total. The molecule has 2 aromatic rings.